The van der Waals surface area contributed by atoms with Crippen LogP contribution in [0.1, 0.15) is 39.5 Å². The standard InChI is InChI=1S/C14H29N3O/c1-4-14(2,11-15)13(18)16-8-5-12-6-9-17(3)10-7-12/h12H,4-11,15H2,1-3H3,(H,16,18). The van der Waals surface area contributed by atoms with Gasteiger partial charge in [0.2, 0.25) is 5.91 Å². The molecule has 1 unspecified atom stereocenters. The minimum absolute atomic E-state index is 0.112. The Labute approximate surface area is 111 Å². The van der Waals surface area contributed by atoms with Gasteiger partial charge in [0.05, 0.1) is 5.41 Å². The van der Waals surface area contributed by atoms with Crippen molar-refractivity contribution < 1.29 is 4.79 Å². The molecule has 4 nitrogen and oxygen atoms in total. The Kier molecular flexibility index (Phi) is 6.09. The van der Waals surface area contributed by atoms with Gasteiger partial charge in [-0.15, -0.1) is 0 Å². The number of hydrogen-bond acceptors (Lipinski definition) is 3. The molecule has 1 saturated heterocycles. The minimum Gasteiger partial charge on any atom is -0.356 e. The second kappa shape index (κ2) is 7.10. The van der Waals surface area contributed by atoms with Crippen LogP contribution in [-0.2, 0) is 4.79 Å². The zero-order valence-corrected chi connectivity index (χ0v) is 12.2. The first-order valence-corrected chi connectivity index (χ1v) is 7.18. The highest BCUT2D eigenvalue weighted by Gasteiger charge is 2.29. The van der Waals surface area contributed by atoms with Gasteiger partial charge in [0.15, 0.2) is 0 Å². The van der Waals surface area contributed by atoms with Crippen molar-refractivity contribution in [2.24, 2.45) is 17.1 Å². The summed E-state index contributed by atoms with van der Waals surface area (Å²) in [5.41, 5.74) is 5.29. The average Bonchev–Trinajstić information content (AvgIpc) is 2.40. The van der Waals surface area contributed by atoms with Crippen molar-refractivity contribution in [2.45, 2.75) is 39.5 Å². The molecule has 0 aromatic rings. The monoisotopic (exact) mass is 255 g/mol. The van der Waals surface area contributed by atoms with Crippen molar-refractivity contribution in [2.75, 3.05) is 33.2 Å². The third-order valence-corrected chi connectivity index (χ3v) is 4.46. The minimum atomic E-state index is -0.396. The molecule has 0 bridgehead atoms. The van der Waals surface area contributed by atoms with Crippen LogP contribution in [0.2, 0.25) is 0 Å². The number of nitrogens with two attached hydrogens (primary N) is 1. The Morgan fingerprint density at radius 1 is 1.44 bits per heavy atom. The van der Waals surface area contributed by atoms with Crippen molar-refractivity contribution in [1.82, 2.24) is 10.2 Å². The first-order chi connectivity index (χ1) is 8.51. The average molecular weight is 255 g/mol. The highest BCUT2D eigenvalue weighted by atomic mass is 16.2. The van der Waals surface area contributed by atoms with Gasteiger partial charge in [0.1, 0.15) is 0 Å². The molecule has 1 aliphatic heterocycles. The van der Waals surface area contributed by atoms with Crippen LogP contribution in [0.4, 0.5) is 0 Å². The second-order valence-corrected chi connectivity index (χ2v) is 5.91. The molecule has 4 heteroatoms. The lowest BCUT2D eigenvalue weighted by molar-refractivity contribution is -0.129. The molecule has 1 amide bonds. The molecule has 1 rings (SSSR count). The van der Waals surface area contributed by atoms with E-state index < -0.39 is 5.41 Å². The molecule has 0 radical (unpaired) electrons. The van der Waals surface area contributed by atoms with Crippen molar-refractivity contribution in [1.29, 1.82) is 0 Å². The molecule has 1 atom stereocenters. The van der Waals surface area contributed by atoms with Gasteiger partial charge >= 0.3 is 0 Å². The molecule has 1 heterocycles. The largest absolute Gasteiger partial charge is 0.356 e. The molecule has 3 N–H and O–H groups in total. The van der Waals surface area contributed by atoms with Gasteiger partial charge in [-0.25, -0.2) is 0 Å². The van der Waals surface area contributed by atoms with Crippen LogP contribution in [0, 0.1) is 11.3 Å². The first-order valence-electron chi connectivity index (χ1n) is 7.18. The lowest BCUT2D eigenvalue weighted by Crippen LogP contribution is -2.44. The van der Waals surface area contributed by atoms with E-state index in [-0.39, 0.29) is 5.91 Å². The summed E-state index contributed by atoms with van der Waals surface area (Å²) >= 11 is 0. The Balaban J connectivity index is 2.23. The maximum Gasteiger partial charge on any atom is 0.227 e. The van der Waals surface area contributed by atoms with Crippen LogP contribution < -0.4 is 11.1 Å². The zero-order chi connectivity index (χ0) is 13.6. The van der Waals surface area contributed by atoms with Crippen molar-refractivity contribution in [3.05, 3.63) is 0 Å². The summed E-state index contributed by atoms with van der Waals surface area (Å²) in [6.45, 7) is 7.55. The van der Waals surface area contributed by atoms with E-state index in [0.717, 1.165) is 25.3 Å². The third-order valence-electron chi connectivity index (χ3n) is 4.46. The van der Waals surface area contributed by atoms with Crippen LogP contribution in [0.3, 0.4) is 0 Å². The lowest BCUT2D eigenvalue weighted by Gasteiger charge is -2.29. The van der Waals surface area contributed by atoms with Crippen molar-refractivity contribution in [3.63, 3.8) is 0 Å². The van der Waals surface area contributed by atoms with E-state index in [1.54, 1.807) is 0 Å². The van der Waals surface area contributed by atoms with Crippen LogP contribution >= 0.6 is 0 Å². The Morgan fingerprint density at radius 3 is 2.56 bits per heavy atom. The van der Waals surface area contributed by atoms with Gasteiger partial charge in [0, 0.05) is 13.1 Å². The zero-order valence-electron chi connectivity index (χ0n) is 12.2. The quantitative estimate of drug-likeness (QED) is 0.750. The molecule has 1 aliphatic rings. The predicted octanol–water partition coefficient (Wildman–Crippen LogP) is 1.21. The molecule has 18 heavy (non-hydrogen) atoms. The van der Waals surface area contributed by atoms with E-state index in [4.69, 9.17) is 5.73 Å². The van der Waals surface area contributed by atoms with E-state index in [0.29, 0.717) is 6.54 Å². The summed E-state index contributed by atoms with van der Waals surface area (Å²) in [6, 6.07) is 0. The summed E-state index contributed by atoms with van der Waals surface area (Å²) < 4.78 is 0. The fourth-order valence-corrected chi connectivity index (χ4v) is 2.35. The first kappa shape index (κ1) is 15.4. The van der Waals surface area contributed by atoms with Gasteiger partial charge in [-0.3, -0.25) is 4.79 Å². The molecule has 0 spiro atoms. The topological polar surface area (TPSA) is 58.4 Å². The van der Waals surface area contributed by atoms with Gasteiger partial charge in [-0.05, 0) is 58.7 Å². The van der Waals surface area contributed by atoms with Crippen molar-refractivity contribution >= 4 is 5.91 Å². The van der Waals surface area contributed by atoms with E-state index in [1.807, 2.05) is 13.8 Å². The number of nitrogens with one attached hydrogen (secondary N) is 1. The lowest BCUT2D eigenvalue weighted by atomic mass is 9.86. The Morgan fingerprint density at radius 2 is 2.06 bits per heavy atom. The predicted molar refractivity (Wildman–Crippen MR) is 75.3 cm³/mol. The van der Waals surface area contributed by atoms with Gasteiger partial charge in [0.25, 0.3) is 0 Å². The molecule has 0 aliphatic carbocycles. The number of piperidine rings is 1. The molecule has 1 fully saturated rings. The van der Waals surface area contributed by atoms with Crippen LogP contribution in [-0.4, -0.2) is 44.0 Å². The summed E-state index contributed by atoms with van der Waals surface area (Å²) in [7, 11) is 2.17. The molecular weight excluding hydrogens is 226 g/mol. The normalized spacial score (nSPS) is 21.6. The van der Waals surface area contributed by atoms with Crippen LogP contribution in [0.15, 0.2) is 0 Å². The third kappa shape index (κ3) is 4.25. The molecule has 0 aromatic heterocycles. The summed E-state index contributed by atoms with van der Waals surface area (Å²) in [4.78, 5) is 14.4. The van der Waals surface area contributed by atoms with Gasteiger partial charge in [-0.2, -0.15) is 0 Å². The Bertz CT molecular complexity index is 256. The molecule has 0 aromatic carbocycles. The number of amides is 1. The van der Waals surface area contributed by atoms with E-state index in [2.05, 4.69) is 17.3 Å². The van der Waals surface area contributed by atoms with E-state index >= 15 is 0 Å². The van der Waals surface area contributed by atoms with Crippen LogP contribution in [0.5, 0.6) is 0 Å². The fraction of sp³-hybridized carbons (Fsp3) is 0.929. The number of rotatable bonds is 6. The van der Waals surface area contributed by atoms with Crippen LogP contribution in [0.25, 0.3) is 0 Å². The maximum atomic E-state index is 12.0. The number of carbonyl (C=O) groups excluding carboxylic acids is 1. The van der Waals surface area contributed by atoms with Crippen molar-refractivity contribution in [3.8, 4) is 0 Å². The summed E-state index contributed by atoms with van der Waals surface area (Å²) in [5.74, 6) is 0.882. The number of hydrogen-bond donors (Lipinski definition) is 2. The second-order valence-electron chi connectivity index (χ2n) is 5.91. The fourth-order valence-electron chi connectivity index (χ4n) is 2.35. The van der Waals surface area contributed by atoms with Gasteiger partial charge in [-0.1, -0.05) is 6.92 Å². The van der Waals surface area contributed by atoms with E-state index in [1.165, 1.54) is 25.9 Å². The highest BCUT2D eigenvalue weighted by molar-refractivity contribution is 5.82. The summed E-state index contributed by atoms with van der Waals surface area (Å²) in [6.07, 6.45) is 4.41. The maximum absolute atomic E-state index is 12.0. The molecular formula is C14H29N3O. The SMILES string of the molecule is CCC(C)(CN)C(=O)NCCC1CCN(C)CC1. The van der Waals surface area contributed by atoms with E-state index in [9.17, 15) is 4.79 Å². The molecule has 106 valence electrons. The highest BCUT2D eigenvalue weighted by Crippen LogP contribution is 2.21. The number of carbonyl (C=O) groups is 1. The Hall–Kier alpha value is -0.610. The summed E-state index contributed by atoms with van der Waals surface area (Å²) in [5, 5.41) is 3.05. The smallest absolute Gasteiger partial charge is 0.227 e. The van der Waals surface area contributed by atoms with Gasteiger partial charge < -0.3 is 16.0 Å². The number of nitrogens with zero attached hydrogens (tertiary/aromatic N) is 1. The molecule has 0 saturated carbocycles. The number of likely N-dealkylation sites (tertiary alicyclic amines) is 1.